The SMILES string of the molecule is CCCCC/C=C\C/C=C\CCCCCCCCCC(=O)NC(COP(=O)([O-])OCC[N+](C)(C)C)C(/C=C\CCCCCCCCCCCC)OC(=O)CCCCCCCCCCCCCCCCCCCCCCCCC. The largest absolute Gasteiger partial charge is 0.756 e. The Hall–Kier alpha value is -1.77. The number of carbonyl (C=O) groups is 2. The fourth-order valence-corrected chi connectivity index (χ4v) is 10.8. The molecule has 460 valence electrons. The normalized spacial score (nSPS) is 13.8. The van der Waals surface area contributed by atoms with Crippen LogP contribution in [0.15, 0.2) is 36.5 Å². The highest BCUT2D eigenvalue weighted by molar-refractivity contribution is 7.45. The van der Waals surface area contributed by atoms with E-state index in [9.17, 15) is 19.0 Å². The van der Waals surface area contributed by atoms with E-state index in [1.165, 1.54) is 225 Å². The molecule has 0 aromatic heterocycles. The van der Waals surface area contributed by atoms with Crippen molar-refractivity contribution in [3.63, 3.8) is 0 Å². The van der Waals surface area contributed by atoms with Gasteiger partial charge in [0.05, 0.1) is 33.8 Å². The van der Waals surface area contributed by atoms with E-state index in [1.54, 1.807) is 0 Å². The Kier molecular flexibility index (Phi) is 57.1. The number of carbonyl (C=O) groups excluding carboxylic acids is 2. The van der Waals surface area contributed by atoms with Gasteiger partial charge >= 0.3 is 5.97 Å². The highest BCUT2D eigenvalue weighted by Crippen LogP contribution is 2.38. The molecule has 0 aliphatic heterocycles. The van der Waals surface area contributed by atoms with Gasteiger partial charge in [0.1, 0.15) is 19.3 Å². The van der Waals surface area contributed by atoms with Gasteiger partial charge in [-0.2, -0.15) is 0 Å². The third-order valence-corrected chi connectivity index (χ3v) is 16.3. The van der Waals surface area contributed by atoms with Crippen LogP contribution in [0, 0.1) is 0 Å². The standard InChI is InChI=1S/C68H131N2O7P/c1-7-10-13-16-19-22-25-28-30-32-33-34-35-36-37-39-41-43-46-49-52-55-58-61-68(72)77-66(59-56-53-50-47-44-27-24-21-18-15-12-9-3)65(64-76-78(73,74)75-63-62-70(4,5)6)69-67(71)60-57-54-51-48-45-42-40-38-31-29-26-23-20-17-14-11-8-2/h20,23,29,31,56,59,65-66H,7-19,21-22,24-28,30,32-55,57-58,60-64H2,1-6H3,(H-,69,71,73,74)/b23-20-,31-29-,59-56-. The van der Waals surface area contributed by atoms with Gasteiger partial charge in [0, 0.05) is 12.8 Å². The molecular weight excluding hydrogens is 988 g/mol. The number of nitrogens with one attached hydrogen (secondary N) is 1. The second-order valence-electron chi connectivity index (χ2n) is 24.3. The predicted molar refractivity (Wildman–Crippen MR) is 335 cm³/mol. The second-order valence-corrected chi connectivity index (χ2v) is 25.7. The van der Waals surface area contributed by atoms with E-state index in [4.69, 9.17) is 13.8 Å². The van der Waals surface area contributed by atoms with Gasteiger partial charge in [0.2, 0.25) is 5.91 Å². The predicted octanol–water partition coefficient (Wildman–Crippen LogP) is 20.4. The summed E-state index contributed by atoms with van der Waals surface area (Å²) in [5, 5.41) is 3.04. The van der Waals surface area contributed by atoms with Crippen LogP contribution in [0.1, 0.15) is 335 Å². The molecule has 1 amide bonds. The molecule has 0 heterocycles. The lowest BCUT2D eigenvalue weighted by Crippen LogP contribution is -2.47. The van der Waals surface area contributed by atoms with Crippen molar-refractivity contribution >= 4 is 19.7 Å². The number of quaternary nitrogens is 1. The Bertz CT molecular complexity index is 1430. The molecule has 0 fully saturated rings. The van der Waals surface area contributed by atoms with Gasteiger partial charge < -0.3 is 28.5 Å². The molecule has 0 aromatic rings. The third-order valence-electron chi connectivity index (χ3n) is 15.3. The van der Waals surface area contributed by atoms with Crippen molar-refractivity contribution in [2.75, 3.05) is 40.9 Å². The lowest BCUT2D eigenvalue weighted by Gasteiger charge is -2.30. The number of esters is 1. The maximum atomic E-state index is 13.5. The minimum absolute atomic E-state index is 0.0216. The maximum absolute atomic E-state index is 13.5. The van der Waals surface area contributed by atoms with Crippen LogP contribution in [0.3, 0.4) is 0 Å². The molecule has 3 unspecified atom stereocenters. The van der Waals surface area contributed by atoms with E-state index in [0.29, 0.717) is 17.4 Å². The zero-order chi connectivity index (χ0) is 57.2. The lowest BCUT2D eigenvalue weighted by molar-refractivity contribution is -0.870. The number of allylic oxidation sites excluding steroid dienone is 5. The number of amides is 1. The van der Waals surface area contributed by atoms with E-state index in [2.05, 4.69) is 50.4 Å². The summed E-state index contributed by atoms with van der Waals surface area (Å²) in [6, 6.07) is -0.889. The van der Waals surface area contributed by atoms with Gasteiger partial charge in [-0.25, -0.2) is 0 Å². The summed E-state index contributed by atoms with van der Waals surface area (Å²) in [7, 11) is 1.19. The molecule has 0 aliphatic rings. The molecule has 0 aromatic carbocycles. The molecule has 0 spiro atoms. The van der Waals surface area contributed by atoms with Crippen LogP contribution in [-0.4, -0.2) is 69.4 Å². The number of likely N-dealkylation sites (N-methyl/N-ethyl adjacent to an activating group) is 1. The van der Waals surface area contributed by atoms with Gasteiger partial charge in [0.15, 0.2) is 0 Å². The summed E-state index contributed by atoms with van der Waals surface area (Å²) in [4.78, 5) is 40.1. The molecule has 0 aliphatic carbocycles. The van der Waals surface area contributed by atoms with E-state index < -0.39 is 20.0 Å². The smallest absolute Gasteiger partial charge is 0.306 e. The first kappa shape index (κ1) is 76.2. The minimum Gasteiger partial charge on any atom is -0.756 e. The first-order chi connectivity index (χ1) is 37.9. The van der Waals surface area contributed by atoms with E-state index in [1.807, 2.05) is 33.3 Å². The fourth-order valence-electron chi connectivity index (χ4n) is 10.1. The quantitative estimate of drug-likeness (QED) is 0.0212. The van der Waals surface area contributed by atoms with E-state index in [0.717, 1.165) is 77.0 Å². The first-order valence-corrected chi connectivity index (χ1v) is 35.3. The molecule has 0 rings (SSSR count). The Morgan fingerprint density at radius 1 is 0.449 bits per heavy atom. The fraction of sp³-hybridized carbons (Fsp3) is 0.882. The summed E-state index contributed by atoms with van der Waals surface area (Å²) >= 11 is 0. The summed E-state index contributed by atoms with van der Waals surface area (Å²) < 4.78 is 30.4. The van der Waals surface area contributed by atoms with Crippen molar-refractivity contribution in [1.82, 2.24) is 5.32 Å². The van der Waals surface area contributed by atoms with Gasteiger partial charge in [-0.15, -0.1) is 0 Å². The molecular formula is C68H131N2O7P. The number of phosphoric ester groups is 1. The van der Waals surface area contributed by atoms with Crippen LogP contribution in [0.2, 0.25) is 0 Å². The van der Waals surface area contributed by atoms with Crippen LogP contribution < -0.4 is 10.2 Å². The van der Waals surface area contributed by atoms with Gasteiger partial charge in [0.25, 0.3) is 7.82 Å². The monoisotopic (exact) mass is 1120 g/mol. The Labute approximate surface area is 485 Å². The summed E-state index contributed by atoms with van der Waals surface area (Å²) in [5.74, 6) is -0.533. The molecule has 0 saturated heterocycles. The van der Waals surface area contributed by atoms with Crippen LogP contribution in [0.4, 0.5) is 0 Å². The van der Waals surface area contributed by atoms with Crippen molar-refractivity contribution < 1.29 is 37.3 Å². The number of ether oxygens (including phenoxy) is 1. The van der Waals surface area contributed by atoms with Crippen LogP contribution >= 0.6 is 7.82 Å². The molecule has 0 radical (unpaired) electrons. The number of rotatable bonds is 62. The Balaban J connectivity index is 5.10. The molecule has 1 N–H and O–H groups in total. The maximum Gasteiger partial charge on any atom is 0.306 e. The molecule has 0 saturated carbocycles. The van der Waals surface area contributed by atoms with E-state index in [-0.39, 0.29) is 31.5 Å². The molecule has 9 nitrogen and oxygen atoms in total. The molecule has 78 heavy (non-hydrogen) atoms. The number of hydrogen-bond acceptors (Lipinski definition) is 7. The van der Waals surface area contributed by atoms with Crippen molar-refractivity contribution in [2.45, 2.75) is 348 Å². The van der Waals surface area contributed by atoms with Crippen LogP contribution in [-0.2, 0) is 27.9 Å². The molecule has 10 heteroatoms. The summed E-state index contributed by atoms with van der Waals surface area (Å²) in [5.41, 5.74) is 0. The highest BCUT2D eigenvalue weighted by Gasteiger charge is 2.27. The zero-order valence-corrected chi connectivity index (χ0v) is 53.5. The van der Waals surface area contributed by atoms with Crippen LogP contribution in [0.5, 0.6) is 0 Å². The first-order valence-electron chi connectivity index (χ1n) is 33.8. The van der Waals surface area contributed by atoms with Crippen molar-refractivity contribution in [1.29, 1.82) is 0 Å². The summed E-state index contributed by atoms with van der Waals surface area (Å²) in [6.45, 7) is 6.86. The van der Waals surface area contributed by atoms with Crippen LogP contribution in [0.25, 0.3) is 0 Å². The number of unbranched alkanes of at least 4 members (excludes halogenated alkanes) is 42. The topological polar surface area (TPSA) is 114 Å². The summed E-state index contributed by atoms with van der Waals surface area (Å²) in [6.07, 6.45) is 71.2. The van der Waals surface area contributed by atoms with Gasteiger partial charge in [-0.05, 0) is 63.9 Å². The van der Waals surface area contributed by atoms with Gasteiger partial charge in [-0.3, -0.25) is 14.2 Å². The second kappa shape index (κ2) is 58.4. The lowest BCUT2D eigenvalue weighted by atomic mass is 10.0. The molecule has 3 atom stereocenters. The minimum atomic E-state index is -4.70. The average Bonchev–Trinajstić information content (AvgIpc) is 3.40. The number of nitrogens with zero attached hydrogens (tertiary/aromatic N) is 1. The highest BCUT2D eigenvalue weighted by atomic mass is 31.2. The van der Waals surface area contributed by atoms with Crippen molar-refractivity contribution in [3.8, 4) is 0 Å². The third kappa shape index (κ3) is 58.9. The zero-order valence-electron chi connectivity index (χ0n) is 52.6. The Morgan fingerprint density at radius 3 is 1.18 bits per heavy atom. The van der Waals surface area contributed by atoms with Gasteiger partial charge in [-0.1, -0.05) is 295 Å². The van der Waals surface area contributed by atoms with Crippen molar-refractivity contribution in [3.05, 3.63) is 36.5 Å². The van der Waals surface area contributed by atoms with E-state index >= 15 is 0 Å². The Morgan fingerprint density at radius 2 is 0.782 bits per heavy atom. The number of phosphoric acid groups is 1. The van der Waals surface area contributed by atoms with Crippen molar-refractivity contribution in [2.24, 2.45) is 0 Å². The average molecular weight is 1120 g/mol. The number of hydrogen-bond donors (Lipinski definition) is 1. The molecule has 0 bridgehead atoms.